The molecule has 2 aromatic rings. The van der Waals surface area contributed by atoms with Crippen LogP contribution in [0.3, 0.4) is 0 Å². The molecule has 0 spiro atoms. The van der Waals surface area contributed by atoms with E-state index in [1.807, 2.05) is 44.2 Å². The van der Waals surface area contributed by atoms with Crippen molar-refractivity contribution in [3.63, 3.8) is 0 Å². The predicted octanol–water partition coefficient (Wildman–Crippen LogP) is 3.86. The number of sulfonamides is 1. The Hall–Kier alpha value is -2.05. The molecule has 0 radical (unpaired) electrons. The van der Waals surface area contributed by atoms with E-state index in [0.29, 0.717) is 17.3 Å². The number of nitrogens with zero attached hydrogens (tertiary/aromatic N) is 2. The fourth-order valence-corrected chi connectivity index (χ4v) is 3.76. The lowest BCUT2D eigenvalue weighted by atomic mass is 10.2. The zero-order valence-corrected chi connectivity index (χ0v) is 16.7. The third kappa shape index (κ3) is 4.99. The van der Waals surface area contributed by atoms with Crippen LogP contribution in [0.1, 0.15) is 18.9 Å². The number of benzene rings is 2. The second kappa shape index (κ2) is 8.56. The van der Waals surface area contributed by atoms with E-state index in [0.717, 1.165) is 17.5 Å². The largest absolute Gasteiger partial charge is 0.313 e. The fourth-order valence-electron chi connectivity index (χ4n) is 2.67. The van der Waals surface area contributed by atoms with Crippen molar-refractivity contribution >= 4 is 38.9 Å². The Balaban J connectivity index is 2.19. The number of anilines is 2. The summed E-state index contributed by atoms with van der Waals surface area (Å²) in [6, 6.07) is 14.4. The van der Waals surface area contributed by atoms with Crippen LogP contribution in [0.4, 0.5) is 11.4 Å². The van der Waals surface area contributed by atoms with Crippen molar-refractivity contribution in [2.45, 2.75) is 20.3 Å². The first-order chi connectivity index (χ1) is 12.2. The lowest BCUT2D eigenvalue weighted by molar-refractivity contribution is -0.118. The number of amides is 1. The average Bonchev–Trinajstić information content (AvgIpc) is 2.58. The number of rotatable bonds is 7. The first-order valence-corrected chi connectivity index (χ1v) is 10.6. The van der Waals surface area contributed by atoms with Gasteiger partial charge in [0.2, 0.25) is 15.9 Å². The van der Waals surface area contributed by atoms with Gasteiger partial charge in [-0.15, -0.1) is 0 Å². The molecule has 7 heteroatoms. The minimum atomic E-state index is -3.54. The monoisotopic (exact) mass is 394 g/mol. The number of carbonyl (C=O) groups excluding carboxylic acids is 1. The first-order valence-electron chi connectivity index (χ1n) is 8.33. The minimum Gasteiger partial charge on any atom is -0.313 e. The van der Waals surface area contributed by atoms with Crippen molar-refractivity contribution in [3.8, 4) is 0 Å². The molecule has 0 saturated heterocycles. The van der Waals surface area contributed by atoms with Crippen molar-refractivity contribution in [2.24, 2.45) is 0 Å². The van der Waals surface area contributed by atoms with Crippen molar-refractivity contribution in [2.75, 3.05) is 28.6 Å². The molecule has 0 heterocycles. The summed E-state index contributed by atoms with van der Waals surface area (Å²) in [6.07, 6.45) is 1.20. The van der Waals surface area contributed by atoms with E-state index in [9.17, 15) is 13.2 Å². The molecular formula is C19H23ClN2O3S. The molecule has 0 N–H and O–H groups in total. The van der Waals surface area contributed by atoms with Gasteiger partial charge in [0.25, 0.3) is 0 Å². The number of para-hydroxylation sites is 1. The molecule has 0 atom stereocenters. The number of halogens is 1. The Morgan fingerprint density at radius 1 is 1.08 bits per heavy atom. The molecule has 2 rings (SSSR count). The van der Waals surface area contributed by atoms with Crippen LogP contribution in [-0.4, -0.2) is 33.7 Å². The third-order valence-electron chi connectivity index (χ3n) is 4.06. The van der Waals surface area contributed by atoms with Crippen molar-refractivity contribution in [1.82, 2.24) is 0 Å². The number of hydrogen-bond acceptors (Lipinski definition) is 3. The summed E-state index contributed by atoms with van der Waals surface area (Å²) in [5, 5.41) is 0.488. The zero-order chi connectivity index (χ0) is 19.3. The fraction of sp³-hybridized carbons (Fsp3) is 0.316. The van der Waals surface area contributed by atoms with Crippen molar-refractivity contribution in [3.05, 3.63) is 59.1 Å². The van der Waals surface area contributed by atoms with Gasteiger partial charge in [-0.05, 0) is 43.7 Å². The van der Waals surface area contributed by atoms with E-state index >= 15 is 0 Å². The number of hydrogen-bond donors (Lipinski definition) is 0. The maximum atomic E-state index is 12.6. The normalized spacial score (nSPS) is 11.2. The van der Waals surface area contributed by atoms with E-state index < -0.39 is 10.0 Å². The zero-order valence-electron chi connectivity index (χ0n) is 15.1. The van der Waals surface area contributed by atoms with Crippen molar-refractivity contribution in [1.29, 1.82) is 0 Å². The molecule has 140 valence electrons. The summed E-state index contributed by atoms with van der Waals surface area (Å²) in [5.41, 5.74) is 2.11. The lowest BCUT2D eigenvalue weighted by Crippen LogP contribution is -2.36. The van der Waals surface area contributed by atoms with Crippen LogP contribution in [0.2, 0.25) is 5.02 Å². The van der Waals surface area contributed by atoms with Gasteiger partial charge in [0.15, 0.2) is 0 Å². The molecule has 2 aromatic carbocycles. The van der Waals surface area contributed by atoms with E-state index in [-0.39, 0.29) is 18.9 Å². The molecule has 1 amide bonds. The minimum absolute atomic E-state index is 0.0559. The highest BCUT2D eigenvalue weighted by molar-refractivity contribution is 7.92. The Morgan fingerprint density at radius 3 is 2.27 bits per heavy atom. The molecule has 26 heavy (non-hydrogen) atoms. The van der Waals surface area contributed by atoms with Crippen LogP contribution in [0.25, 0.3) is 0 Å². The Bertz CT molecular complexity index is 870. The highest BCUT2D eigenvalue weighted by Crippen LogP contribution is 2.25. The summed E-state index contributed by atoms with van der Waals surface area (Å²) in [5.74, 6) is -0.134. The summed E-state index contributed by atoms with van der Waals surface area (Å²) in [4.78, 5) is 14.3. The Morgan fingerprint density at radius 2 is 1.73 bits per heavy atom. The molecule has 5 nitrogen and oxygen atoms in total. The van der Waals surface area contributed by atoms with E-state index in [2.05, 4.69) is 0 Å². The van der Waals surface area contributed by atoms with Gasteiger partial charge in [0, 0.05) is 30.2 Å². The van der Waals surface area contributed by atoms with Crippen LogP contribution >= 0.6 is 11.6 Å². The average molecular weight is 395 g/mol. The summed E-state index contributed by atoms with van der Waals surface area (Å²) in [7, 11) is -3.54. The molecule has 0 unspecified atom stereocenters. The molecule has 0 aromatic heterocycles. The van der Waals surface area contributed by atoms with Gasteiger partial charge in [0.1, 0.15) is 0 Å². The van der Waals surface area contributed by atoms with E-state index in [4.69, 9.17) is 11.6 Å². The van der Waals surface area contributed by atoms with Gasteiger partial charge in [-0.2, -0.15) is 0 Å². The van der Waals surface area contributed by atoms with Gasteiger partial charge in [-0.1, -0.05) is 35.9 Å². The van der Waals surface area contributed by atoms with E-state index in [1.54, 1.807) is 23.1 Å². The summed E-state index contributed by atoms with van der Waals surface area (Å²) in [6.45, 7) is 4.30. The molecule has 0 aliphatic heterocycles. The lowest BCUT2D eigenvalue weighted by Gasteiger charge is -2.25. The van der Waals surface area contributed by atoms with Crippen LogP contribution in [0.15, 0.2) is 48.5 Å². The van der Waals surface area contributed by atoms with Crippen molar-refractivity contribution < 1.29 is 13.2 Å². The molecule has 0 aliphatic carbocycles. The van der Waals surface area contributed by atoms with Gasteiger partial charge in [0.05, 0.1) is 11.9 Å². The Kier molecular flexibility index (Phi) is 6.67. The predicted molar refractivity (Wildman–Crippen MR) is 107 cm³/mol. The molecule has 0 saturated carbocycles. The molecule has 0 fully saturated rings. The van der Waals surface area contributed by atoms with Gasteiger partial charge in [-0.25, -0.2) is 8.42 Å². The van der Waals surface area contributed by atoms with Crippen LogP contribution in [0, 0.1) is 6.92 Å². The Labute approximate surface area is 160 Å². The number of carbonyl (C=O) groups is 1. The van der Waals surface area contributed by atoms with Gasteiger partial charge >= 0.3 is 0 Å². The van der Waals surface area contributed by atoms with E-state index in [1.165, 1.54) is 4.31 Å². The molecular weight excluding hydrogens is 372 g/mol. The molecule has 0 bridgehead atoms. The first kappa shape index (κ1) is 20.3. The maximum absolute atomic E-state index is 12.6. The number of aryl methyl sites for hydroxylation is 1. The SMILES string of the molecule is CCN(C(=O)CCN(c1ccc(C)c(Cl)c1)S(C)(=O)=O)c1ccccc1. The molecule has 0 aliphatic rings. The summed E-state index contributed by atoms with van der Waals surface area (Å²) < 4.78 is 25.6. The van der Waals surface area contributed by atoms with Crippen LogP contribution in [0.5, 0.6) is 0 Å². The van der Waals surface area contributed by atoms with Crippen LogP contribution in [-0.2, 0) is 14.8 Å². The highest BCUT2D eigenvalue weighted by atomic mass is 35.5. The van der Waals surface area contributed by atoms with Crippen LogP contribution < -0.4 is 9.21 Å². The maximum Gasteiger partial charge on any atom is 0.232 e. The summed E-state index contributed by atoms with van der Waals surface area (Å²) >= 11 is 6.13. The van der Waals surface area contributed by atoms with Gasteiger partial charge < -0.3 is 4.90 Å². The van der Waals surface area contributed by atoms with Gasteiger partial charge in [-0.3, -0.25) is 9.10 Å². The highest BCUT2D eigenvalue weighted by Gasteiger charge is 2.21. The quantitative estimate of drug-likeness (QED) is 0.716. The standard InChI is InChI=1S/C19H23ClN2O3S/c1-4-21(16-8-6-5-7-9-16)19(23)12-13-22(26(3,24)25)17-11-10-15(2)18(20)14-17/h5-11,14H,4,12-13H2,1-3H3. The second-order valence-electron chi connectivity index (χ2n) is 5.99. The third-order valence-corrected chi connectivity index (χ3v) is 5.66. The topological polar surface area (TPSA) is 57.7 Å². The second-order valence-corrected chi connectivity index (χ2v) is 8.31. The smallest absolute Gasteiger partial charge is 0.232 e.